The summed E-state index contributed by atoms with van der Waals surface area (Å²) in [5, 5.41) is 10.5. The molecule has 4 heteroatoms. The Labute approximate surface area is 121 Å². The molecule has 0 aliphatic rings. The monoisotopic (exact) mass is 285 g/mol. The molecule has 0 amide bonds. The zero-order valence-corrected chi connectivity index (χ0v) is 11.3. The largest absolute Gasteiger partial charge is 0.478 e. The lowest BCUT2D eigenvalue weighted by Crippen LogP contribution is -1.98. The van der Waals surface area contributed by atoms with Gasteiger partial charge in [0.05, 0.1) is 5.56 Å². The van der Waals surface area contributed by atoms with E-state index in [1.54, 1.807) is 18.3 Å². The van der Waals surface area contributed by atoms with E-state index in [1.165, 1.54) is 0 Å². The number of carbonyl (C=O) groups is 1. The average Bonchev–Trinajstić information content (AvgIpc) is 2.78. The van der Waals surface area contributed by atoms with Crippen LogP contribution in [0.5, 0.6) is 0 Å². The maximum Gasteiger partial charge on any atom is 0.337 e. The second-order valence-electron chi connectivity index (χ2n) is 4.62. The van der Waals surface area contributed by atoms with E-state index in [1.807, 2.05) is 41.0 Å². The van der Waals surface area contributed by atoms with Crippen molar-refractivity contribution in [2.75, 3.05) is 0 Å². The number of carboxylic acids is 1. The fourth-order valence-corrected chi connectivity index (χ4v) is 2.52. The third-order valence-electron chi connectivity index (χ3n) is 3.27. The van der Waals surface area contributed by atoms with Crippen LogP contribution in [0.2, 0.25) is 5.02 Å². The van der Waals surface area contributed by atoms with Crippen molar-refractivity contribution >= 4 is 28.5 Å². The Bertz CT molecular complexity index is 778. The Kier molecular flexibility index (Phi) is 3.20. The van der Waals surface area contributed by atoms with Crippen LogP contribution in [0.1, 0.15) is 15.9 Å². The molecule has 1 heterocycles. The fraction of sp³-hybridized carbons (Fsp3) is 0.0625. The van der Waals surface area contributed by atoms with Crippen molar-refractivity contribution in [1.29, 1.82) is 0 Å². The molecule has 3 aromatic rings. The lowest BCUT2D eigenvalue weighted by atomic mass is 10.2. The maximum atomic E-state index is 11.3. The van der Waals surface area contributed by atoms with Gasteiger partial charge in [-0.1, -0.05) is 41.9 Å². The number of halogens is 1. The minimum atomic E-state index is -0.941. The Morgan fingerprint density at radius 2 is 1.90 bits per heavy atom. The highest BCUT2D eigenvalue weighted by molar-refractivity contribution is 6.31. The molecule has 20 heavy (non-hydrogen) atoms. The van der Waals surface area contributed by atoms with E-state index in [0.717, 1.165) is 11.1 Å². The molecule has 0 radical (unpaired) electrons. The number of fused-ring (bicyclic) bond motifs is 1. The van der Waals surface area contributed by atoms with Gasteiger partial charge in [0.15, 0.2) is 0 Å². The number of rotatable bonds is 3. The summed E-state index contributed by atoms with van der Waals surface area (Å²) in [6, 6.07) is 15.3. The lowest BCUT2D eigenvalue weighted by Gasteiger charge is -2.05. The van der Waals surface area contributed by atoms with Crippen molar-refractivity contribution in [1.82, 2.24) is 4.57 Å². The van der Waals surface area contributed by atoms with Gasteiger partial charge in [0.1, 0.15) is 0 Å². The summed E-state index contributed by atoms with van der Waals surface area (Å²) in [7, 11) is 0. The topological polar surface area (TPSA) is 42.2 Å². The molecule has 0 fully saturated rings. The number of nitrogens with zero attached hydrogens (tertiary/aromatic N) is 1. The zero-order valence-electron chi connectivity index (χ0n) is 10.6. The summed E-state index contributed by atoms with van der Waals surface area (Å²) >= 11 is 5.96. The first kappa shape index (κ1) is 12.8. The second kappa shape index (κ2) is 5.02. The van der Waals surface area contributed by atoms with Gasteiger partial charge in [-0.25, -0.2) is 4.79 Å². The van der Waals surface area contributed by atoms with Crippen LogP contribution < -0.4 is 0 Å². The second-order valence-corrected chi connectivity index (χ2v) is 5.06. The summed E-state index contributed by atoms with van der Waals surface area (Å²) < 4.78 is 1.93. The molecule has 3 rings (SSSR count). The van der Waals surface area contributed by atoms with Crippen molar-refractivity contribution in [3.05, 3.63) is 70.9 Å². The van der Waals surface area contributed by atoms with E-state index in [-0.39, 0.29) is 5.56 Å². The Morgan fingerprint density at radius 3 is 2.60 bits per heavy atom. The van der Waals surface area contributed by atoms with E-state index in [0.29, 0.717) is 17.0 Å². The number of hydrogen-bond donors (Lipinski definition) is 1. The van der Waals surface area contributed by atoms with Gasteiger partial charge in [0.25, 0.3) is 0 Å². The minimum Gasteiger partial charge on any atom is -0.478 e. The predicted octanol–water partition coefficient (Wildman–Crippen LogP) is 4.04. The number of carboxylic acid groups (broad SMARTS) is 1. The summed E-state index contributed by atoms with van der Waals surface area (Å²) in [5.41, 5.74) is 2.27. The van der Waals surface area contributed by atoms with Gasteiger partial charge in [-0.15, -0.1) is 0 Å². The van der Waals surface area contributed by atoms with Gasteiger partial charge in [-0.05, 0) is 23.8 Å². The van der Waals surface area contributed by atoms with Crippen LogP contribution in [0.15, 0.2) is 54.7 Å². The third-order valence-corrected chi connectivity index (χ3v) is 3.50. The molecular formula is C16H12ClNO2. The first-order valence-corrected chi connectivity index (χ1v) is 6.58. The van der Waals surface area contributed by atoms with E-state index in [9.17, 15) is 9.90 Å². The third kappa shape index (κ3) is 2.28. The maximum absolute atomic E-state index is 11.3. The molecule has 2 aromatic carbocycles. The highest BCUT2D eigenvalue weighted by Crippen LogP contribution is 2.25. The van der Waals surface area contributed by atoms with E-state index in [2.05, 4.69) is 0 Å². The molecule has 0 unspecified atom stereocenters. The summed E-state index contributed by atoms with van der Waals surface area (Å²) in [5.74, 6) is -0.941. The number of benzene rings is 2. The average molecular weight is 286 g/mol. The quantitative estimate of drug-likeness (QED) is 0.789. The Hall–Kier alpha value is -2.26. The molecular weight excluding hydrogens is 274 g/mol. The van der Waals surface area contributed by atoms with Gasteiger partial charge < -0.3 is 9.67 Å². The molecule has 0 spiro atoms. The Morgan fingerprint density at radius 1 is 1.15 bits per heavy atom. The van der Waals surface area contributed by atoms with Crippen LogP contribution in [0.25, 0.3) is 10.9 Å². The van der Waals surface area contributed by atoms with Crippen LogP contribution in [0.3, 0.4) is 0 Å². The predicted molar refractivity (Wildman–Crippen MR) is 79.5 cm³/mol. The van der Waals surface area contributed by atoms with Crippen molar-refractivity contribution < 1.29 is 9.90 Å². The van der Waals surface area contributed by atoms with Crippen molar-refractivity contribution in [2.45, 2.75) is 6.54 Å². The molecule has 0 saturated heterocycles. The standard InChI is InChI=1S/C16H12ClNO2/c17-12-6-7-15-13(8-12)14(16(19)20)10-18(15)9-11-4-2-1-3-5-11/h1-8,10H,9H2,(H,19,20). The summed E-state index contributed by atoms with van der Waals surface area (Å²) in [6.45, 7) is 0.631. The normalized spacial score (nSPS) is 10.8. The van der Waals surface area contributed by atoms with Crippen molar-refractivity contribution in [3.63, 3.8) is 0 Å². The van der Waals surface area contributed by atoms with Crippen LogP contribution in [-0.2, 0) is 6.54 Å². The molecule has 1 aromatic heterocycles. The molecule has 0 aliphatic heterocycles. The molecule has 1 N–H and O–H groups in total. The minimum absolute atomic E-state index is 0.276. The van der Waals surface area contributed by atoms with E-state index < -0.39 is 5.97 Å². The number of aromatic carboxylic acids is 1. The summed E-state index contributed by atoms with van der Waals surface area (Å²) in [6.07, 6.45) is 1.66. The van der Waals surface area contributed by atoms with E-state index >= 15 is 0 Å². The van der Waals surface area contributed by atoms with Gasteiger partial charge >= 0.3 is 5.97 Å². The van der Waals surface area contributed by atoms with Gasteiger partial charge in [-0.3, -0.25) is 0 Å². The molecule has 0 bridgehead atoms. The van der Waals surface area contributed by atoms with Gasteiger partial charge in [-0.2, -0.15) is 0 Å². The molecule has 3 nitrogen and oxygen atoms in total. The van der Waals surface area contributed by atoms with Gasteiger partial charge in [0.2, 0.25) is 0 Å². The van der Waals surface area contributed by atoms with Crippen LogP contribution in [0, 0.1) is 0 Å². The first-order valence-electron chi connectivity index (χ1n) is 6.21. The highest BCUT2D eigenvalue weighted by Gasteiger charge is 2.14. The highest BCUT2D eigenvalue weighted by atomic mass is 35.5. The van der Waals surface area contributed by atoms with E-state index in [4.69, 9.17) is 11.6 Å². The van der Waals surface area contributed by atoms with Crippen LogP contribution >= 0.6 is 11.6 Å². The van der Waals surface area contributed by atoms with Crippen molar-refractivity contribution in [2.24, 2.45) is 0 Å². The summed E-state index contributed by atoms with van der Waals surface area (Å²) in [4.78, 5) is 11.3. The first-order chi connectivity index (χ1) is 9.65. The molecule has 0 aliphatic carbocycles. The molecule has 0 saturated carbocycles. The molecule has 0 atom stereocenters. The smallest absolute Gasteiger partial charge is 0.337 e. The Balaban J connectivity index is 2.14. The number of aromatic nitrogens is 1. The van der Waals surface area contributed by atoms with Gasteiger partial charge in [0, 0.05) is 28.7 Å². The lowest BCUT2D eigenvalue weighted by molar-refractivity contribution is 0.0699. The zero-order chi connectivity index (χ0) is 14.1. The van der Waals surface area contributed by atoms with Crippen LogP contribution in [-0.4, -0.2) is 15.6 Å². The SMILES string of the molecule is O=C(O)c1cn(Cc2ccccc2)c2ccc(Cl)cc12. The number of hydrogen-bond acceptors (Lipinski definition) is 1. The van der Waals surface area contributed by atoms with Crippen molar-refractivity contribution in [3.8, 4) is 0 Å². The molecule has 100 valence electrons. The van der Waals surface area contributed by atoms with Crippen LogP contribution in [0.4, 0.5) is 0 Å². The fourth-order valence-electron chi connectivity index (χ4n) is 2.35.